The maximum atomic E-state index is 14.2. The molecule has 5 heteroatoms. The highest BCUT2D eigenvalue weighted by Crippen LogP contribution is 2.36. The summed E-state index contributed by atoms with van der Waals surface area (Å²) in [5.74, 6) is -1.22. The van der Waals surface area contributed by atoms with Gasteiger partial charge in [0.2, 0.25) is 0 Å². The van der Waals surface area contributed by atoms with E-state index in [0.29, 0.717) is 18.0 Å². The maximum absolute atomic E-state index is 14.2. The lowest BCUT2D eigenvalue weighted by Crippen LogP contribution is -2.21. The van der Waals surface area contributed by atoms with Crippen molar-refractivity contribution < 1.29 is 13.5 Å². The van der Waals surface area contributed by atoms with Gasteiger partial charge in [0, 0.05) is 30.8 Å². The van der Waals surface area contributed by atoms with E-state index in [1.54, 1.807) is 12.1 Å². The molecular formula is C14H20F2N2O. The number of halogens is 2. The van der Waals surface area contributed by atoms with E-state index < -0.39 is 11.6 Å². The quantitative estimate of drug-likeness (QED) is 0.910. The molecule has 0 spiro atoms. The fraction of sp³-hybridized carbons (Fsp3) is 0.571. The fourth-order valence-corrected chi connectivity index (χ4v) is 2.77. The van der Waals surface area contributed by atoms with E-state index >= 15 is 0 Å². The maximum Gasteiger partial charge on any atom is 0.164 e. The summed E-state index contributed by atoms with van der Waals surface area (Å²) >= 11 is 0. The van der Waals surface area contributed by atoms with Crippen molar-refractivity contribution in [1.82, 2.24) is 4.90 Å². The molecule has 1 aromatic rings. The Morgan fingerprint density at radius 2 is 2.11 bits per heavy atom. The van der Waals surface area contributed by atoms with Crippen molar-refractivity contribution in [3.8, 4) is 0 Å². The van der Waals surface area contributed by atoms with Crippen LogP contribution in [0, 0.1) is 17.6 Å². The van der Waals surface area contributed by atoms with Crippen LogP contribution in [-0.4, -0.2) is 32.1 Å². The molecule has 0 bridgehead atoms. The Morgan fingerprint density at radius 3 is 2.68 bits per heavy atom. The highest BCUT2D eigenvalue weighted by atomic mass is 19.2. The van der Waals surface area contributed by atoms with Gasteiger partial charge < -0.3 is 10.5 Å². The number of methoxy groups -OCH3 is 1. The summed E-state index contributed by atoms with van der Waals surface area (Å²) in [4.78, 5) is 2.03. The Hall–Kier alpha value is -1.04. The number of hydrogen-bond donors (Lipinski definition) is 1. The molecule has 0 saturated carbocycles. The first-order valence-electron chi connectivity index (χ1n) is 6.44. The Morgan fingerprint density at radius 1 is 1.37 bits per heavy atom. The second kappa shape index (κ2) is 5.94. The lowest BCUT2D eigenvalue weighted by Gasteiger charge is -2.21. The molecule has 1 saturated heterocycles. The van der Waals surface area contributed by atoms with Gasteiger partial charge in [0.15, 0.2) is 11.6 Å². The molecule has 3 nitrogen and oxygen atoms in total. The van der Waals surface area contributed by atoms with Crippen molar-refractivity contribution >= 4 is 0 Å². The minimum absolute atomic E-state index is 0.0783. The van der Waals surface area contributed by atoms with E-state index in [2.05, 4.69) is 0 Å². The first-order chi connectivity index (χ1) is 9.08. The summed E-state index contributed by atoms with van der Waals surface area (Å²) in [6.45, 7) is 1.48. The summed E-state index contributed by atoms with van der Waals surface area (Å²) in [6, 6.07) is 3.16. The molecule has 2 rings (SSSR count). The lowest BCUT2D eigenvalue weighted by atomic mass is 9.98. The smallest absolute Gasteiger partial charge is 0.164 e. The van der Waals surface area contributed by atoms with Gasteiger partial charge in [-0.1, -0.05) is 12.1 Å². The van der Waals surface area contributed by atoms with Gasteiger partial charge in [0.1, 0.15) is 0 Å². The number of likely N-dealkylation sites (tertiary alicyclic amines) is 1. The summed E-state index contributed by atoms with van der Waals surface area (Å²) in [7, 11) is 3.38. The Labute approximate surface area is 112 Å². The van der Waals surface area contributed by atoms with E-state index in [9.17, 15) is 8.78 Å². The zero-order chi connectivity index (χ0) is 14.0. The van der Waals surface area contributed by atoms with E-state index in [1.165, 1.54) is 7.11 Å². The summed E-state index contributed by atoms with van der Waals surface area (Å²) in [6.07, 6.45) is 0.771. The molecule has 1 aliphatic rings. The summed E-state index contributed by atoms with van der Waals surface area (Å²) in [5, 5.41) is 0. The highest BCUT2D eigenvalue weighted by molar-refractivity contribution is 5.29. The molecule has 0 amide bonds. The average molecular weight is 270 g/mol. The first-order valence-corrected chi connectivity index (χ1v) is 6.44. The zero-order valence-corrected chi connectivity index (χ0v) is 11.3. The number of ether oxygens (including phenoxy) is 1. The largest absolute Gasteiger partial charge is 0.380 e. The summed E-state index contributed by atoms with van der Waals surface area (Å²) in [5.41, 5.74) is 6.32. The number of nitrogens with two attached hydrogens (primary N) is 1. The molecule has 1 fully saturated rings. The topological polar surface area (TPSA) is 38.5 Å². The minimum Gasteiger partial charge on any atom is -0.380 e. The molecule has 0 aromatic heterocycles. The molecular weight excluding hydrogens is 250 g/mol. The summed E-state index contributed by atoms with van der Waals surface area (Å²) < 4.78 is 32.9. The Balaban J connectivity index is 2.28. The van der Waals surface area contributed by atoms with Crippen molar-refractivity contribution in [2.24, 2.45) is 11.7 Å². The zero-order valence-electron chi connectivity index (χ0n) is 11.3. The van der Waals surface area contributed by atoms with Crippen molar-refractivity contribution in [2.45, 2.75) is 19.1 Å². The number of rotatable bonds is 4. The second-order valence-corrected chi connectivity index (χ2v) is 5.17. The van der Waals surface area contributed by atoms with Crippen LogP contribution in [0.3, 0.4) is 0 Å². The first kappa shape index (κ1) is 14.4. The molecule has 2 atom stereocenters. The molecule has 1 heterocycles. The van der Waals surface area contributed by atoms with Crippen molar-refractivity contribution in [3.63, 3.8) is 0 Å². The van der Waals surface area contributed by atoms with Crippen LogP contribution in [0.15, 0.2) is 12.1 Å². The molecule has 2 N–H and O–H groups in total. The van der Waals surface area contributed by atoms with Gasteiger partial charge in [-0.2, -0.15) is 0 Å². The highest BCUT2D eigenvalue weighted by Gasteiger charge is 2.32. The van der Waals surface area contributed by atoms with Gasteiger partial charge in [-0.3, -0.25) is 4.90 Å². The molecule has 2 unspecified atom stereocenters. The normalized spacial score (nSPS) is 24.1. The van der Waals surface area contributed by atoms with Crippen molar-refractivity contribution in [1.29, 1.82) is 0 Å². The third kappa shape index (κ3) is 2.78. The molecule has 0 aliphatic carbocycles. The van der Waals surface area contributed by atoms with E-state index in [-0.39, 0.29) is 18.2 Å². The molecule has 1 aliphatic heterocycles. The third-order valence-electron chi connectivity index (χ3n) is 3.82. The molecule has 19 heavy (non-hydrogen) atoms. The van der Waals surface area contributed by atoms with Gasteiger partial charge in [-0.05, 0) is 25.9 Å². The number of nitrogens with zero attached hydrogens (tertiary/aromatic N) is 1. The van der Waals surface area contributed by atoms with Crippen LogP contribution in [-0.2, 0) is 11.3 Å². The van der Waals surface area contributed by atoms with E-state index in [0.717, 1.165) is 13.0 Å². The van der Waals surface area contributed by atoms with Gasteiger partial charge in [0.25, 0.3) is 0 Å². The van der Waals surface area contributed by atoms with Gasteiger partial charge in [-0.15, -0.1) is 0 Å². The van der Waals surface area contributed by atoms with E-state index in [4.69, 9.17) is 10.5 Å². The standard InChI is InChI=1S/C14H20F2N2O/c1-18-7-9(6-17)5-12(18)11-4-3-10(8-19-2)13(15)14(11)16/h3-4,9,12H,5-8,17H2,1-2H3. The number of benzene rings is 1. The molecule has 106 valence electrons. The third-order valence-corrected chi connectivity index (χ3v) is 3.82. The van der Waals surface area contributed by atoms with Crippen LogP contribution < -0.4 is 5.73 Å². The predicted molar refractivity (Wildman–Crippen MR) is 69.6 cm³/mol. The lowest BCUT2D eigenvalue weighted by molar-refractivity contribution is 0.180. The van der Waals surface area contributed by atoms with Crippen LogP contribution in [0.25, 0.3) is 0 Å². The van der Waals surface area contributed by atoms with Crippen LogP contribution in [0.5, 0.6) is 0 Å². The number of hydrogen-bond acceptors (Lipinski definition) is 3. The molecule has 1 aromatic carbocycles. The van der Waals surface area contributed by atoms with Gasteiger partial charge >= 0.3 is 0 Å². The Kier molecular flexibility index (Phi) is 4.50. The van der Waals surface area contributed by atoms with E-state index in [1.807, 2.05) is 11.9 Å². The van der Waals surface area contributed by atoms with Crippen LogP contribution in [0.1, 0.15) is 23.6 Å². The predicted octanol–water partition coefficient (Wildman–Crippen LogP) is 2.06. The van der Waals surface area contributed by atoms with Crippen molar-refractivity contribution in [3.05, 3.63) is 34.9 Å². The minimum atomic E-state index is -0.802. The molecule has 0 radical (unpaired) electrons. The second-order valence-electron chi connectivity index (χ2n) is 5.17. The van der Waals surface area contributed by atoms with Gasteiger partial charge in [0.05, 0.1) is 6.61 Å². The van der Waals surface area contributed by atoms with Crippen molar-refractivity contribution in [2.75, 3.05) is 27.2 Å². The van der Waals surface area contributed by atoms with Crippen LogP contribution in [0.2, 0.25) is 0 Å². The average Bonchev–Trinajstić information content (AvgIpc) is 2.77. The monoisotopic (exact) mass is 270 g/mol. The fourth-order valence-electron chi connectivity index (χ4n) is 2.77. The van der Waals surface area contributed by atoms with Gasteiger partial charge in [-0.25, -0.2) is 8.78 Å². The Bertz CT molecular complexity index is 453. The van der Waals surface area contributed by atoms with Crippen LogP contribution in [0.4, 0.5) is 8.78 Å². The SMILES string of the molecule is COCc1ccc(C2CC(CN)CN2C)c(F)c1F. The van der Waals surface area contributed by atoms with Crippen LogP contribution >= 0.6 is 0 Å².